The fourth-order valence-corrected chi connectivity index (χ4v) is 2.77. The molecule has 0 saturated carbocycles. The molecule has 1 aliphatic rings. The highest BCUT2D eigenvalue weighted by molar-refractivity contribution is 5.67. The first-order chi connectivity index (χ1) is 10.4. The molecule has 0 atom stereocenters. The fraction of sp³-hybridized carbons (Fsp3) is 0.600. The summed E-state index contributed by atoms with van der Waals surface area (Å²) in [4.78, 5) is 4.40. The Kier molecular flexibility index (Phi) is 4.44. The standard InChI is InChI=1S/C20H32N2O/c1-14(2)21-9-10-22(13-21)17-12-15(19(3,4)5)11-16(18(17)23)20(6,7)8/h9-12,14,23H,13H2,1-8H3. The number of phenolic OH excluding ortho intramolecular Hbond substituents is 1. The Morgan fingerprint density at radius 3 is 2.00 bits per heavy atom. The topological polar surface area (TPSA) is 26.7 Å². The summed E-state index contributed by atoms with van der Waals surface area (Å²) in [5.41, 5.74) is 3.12. The number of hydrogen-bond acceptors (Lipinski definition) is 3. The highest BCUT2D eigenvalue weighted by atomic mass is 16.3. The molecule has 1 aromatic carbocycles. The predicted molar refractivity (Wildman–Crippen MR) is 99.0 cm³/mol. The summed E-state index contributed by atoms with van der Waals surface area (Å²) >= 11 is 0. The predicted octanol–water partition coefficient (Wildman–Crippen LogP) is 4.95. The molecule has 1 N–H and O–H groups in total. The molecular formula is C20H32N2O. The Bertz CT molecular complexity index is 603. The van der Waals surface area contributed by atoms with Crippen LogP contribution < -0.4 is 4.90 Å². The SMILES string of the molecule is CC(C)N1C=CN(c2cc(C(C)(C)C)cc(C(C)(C)C)c2O)C1. The lowest BCUT2D eigenvalue weighted by atomic mass is 9.79. The Morgan fingerprint density at radius 1 is 0.957 bits per heavy atom. The van der Waals surface area contributed by atoms with Gasteiger partial charge < -0.3 is 14.9 Å². The number of rotatable bonds is 2. The Morgan fingerprint density at radius 2 is 1.57 bits per heavy atom. The molecule has 0 unspecified atom stereocenters. The van der Waals surface area contributed by atoms with Crippen LogP contribution in [0, 0.1) is 0 Å². The minimum absolute atomic E-state index is 0.0453. The average molecular weight is 316 g/mol. The van der Waals surface area contributed by atoms with Crippen LogP contribution in [0.2, 0.25) is 0 Å². The summed E-state index contributed by atoms with van der Waals surface area (Å²) in [7, 11) is 0. The van der Waals surface area contributed by atoms with Crippen molar-refractivity contribution in [3.63, 3.8) is 0 Å². The molecule has 128 valence electrons. The molecule has 1 aromatic rings. The van der Waals surface area contributed by atoms with Gasteiger partial charge in [-0.2, -0.15) is 0 Å². The van der Waals surface area contributed by atoms with Gasteiger partial charge in [-0.25, -0.2) is 0 Å². The van der Waals surface area contributed by atoms with Gasteiger partial charge in [0.15, 0.2) is 0 Å². The summed E-state index contributed by atoms with van der Waals surface area (Å²) < 4.78 is 0. The number of nitrogens with zero attached hydrogens (tertiary/aromatic N) is 2. The molecule has 3 nitrogen and oxygen atoms in total. The van der Waals surface area contributed by atoms with Crippen LogP contribution in [0.25, 0.3) is 0 Å². The van der Waals surface area contributed by atoms with Gasteiger partial charge in [0.2, 0.25) is 0 Å². The Hall–Kier alpha value is -1.64. The van der Waals surface area contributed by atoms with Crippen LogP contribution in [0.4, 0.5) is 5.69 Å². The van der Waals surface area contributed by atoms with Gasteiger partial charge in [0, 0.05) is 24.0 Å². The molecule has 1 heterocycles. The van der Waals surface area contributed by atoms with Crippen LogP contribution in [-0.4, -0.2) is 22.7 Å². The first-order valence-corrected chi connectivity index (χ1v) is 8.50. The van der Waals surface area contributed by atoms with Crippen LogP contribution in [0.5, 0.6) is 5.75 Å². The molecule has 0 radical (unpaired) electrons. The maximum absolute atomic E-state index is 10.9. The van der Waals surface area contributed by atoms with Gasteiger partial charge in [-0.05, 0) is 36.3 Å². The maximum atomic E-state index is 10.9. The molecule has 0 saturated heterocycles. The van der Waals surface area contributed by atoms with E-state index in [4.69, 9.17) is 0 Å². The lowest BCUT2D eigenvalue weighted by molar-refractivity contribution is 0.335. The summed E-state index contributed by atoms with van der Waals surface area (Å²) in [6.45, 7) is 18.2. The lowest BCUT2D eigenvalue weighted by Crippen LogP contribution is -2.30. The normalized spacial score (nSPS) is 15.9. The van der Waals surface area contributed by atoms with Crippen molar-refractivity contribution in [2.24, 2.45) is 0 Å². The Labute approximate surface area is 141 Å². The molecule has 1 aliphatic heterocycles. The summed E-state index contributed by atoms with van der Waals surface area (Å²) in [5.74, 6) is 0.403. The first kappa shape index (κ1) is 17.7. The van der Waals surface area contributed by atoms with Gasteiger partial charge in [0.25, 0.3) is 0 Å². The van der Waals surface area contributed by atoms with Gasteiger partial charge in [-0.3, -0.25) is 0 Å². The third-order valence-corrected chi connectivity index (χ3v) is 4.49. The first-order valence-electron chi connectivity index (χ1n) is 8.50. The molecule has 23 heavy (non-hydrogen) atoms. The van der Waals surface area contributed by atoms with E-state index < -0.39 is 0 Å². The minimum Gasteiger partial charge on any atom is -0.505 e. The minimum atomic E-state index is -0.0960. The number of benzene rings is 1. The van der Waals surface area contributed by atoms with E-state index in [1.165, 1.54) is 5.56 Å². The van der Waals surface area contributed by atoms with E-state index in [9.17, 15) is 5.11 Å². The molecule has 0 amide bonds. The van der Waals surface area contributed by atoms with Crippen LogP contribution >= 0.6 is 0 Å². The monoisotopic (exact) mass is 316 g/mol. The van der Waals surface area contributed by atoms with Gasteiger partial charge in [0.05, 0.1) is 12.4 Å². The maximum Gasteiger partial charge on any atom is 0.143 e. The molecule has 3 heteroatoms. The zero-order chi connectivity index (χ0) is 17.6. The lowest BCUT2D eigenvalue weighted by Gasteiger charge is -2.31. The van der Waals surface area contributed by atoms with Crippen molar-refractivity contribution < 1.29 is 5.11 Å². The van der Waals surface area contributed by atoms with Crippen LogP contribution in [0.1, 0.15) is 66.5 Å². The van der Waals surface area contributed by atoms with Gasteiger partial charge in [-0.15, -0.1) is 0 Å². The smallest absolute Gasteiger partial charge is 0.143 e. The zero-order valence-electron chi connectivity index (χ0n) is 15.9. The largest absolute Gasteiger partial charge is 0.505 e. The van der Waals surface area contributed by atoms with Crippen molar-refractivity contribution in [2.75, 3.05) is 11.6 Å². The third-order valence-electron chi connectivity index (χ3n) is 4.49. The number of anilines is 1. The molecular weight excluding hydrogens is 284 g/mol. The molecule has 0 fully saturated rings. The summed E-state index contributed by atoms with van der Waals surface area (Å²) in [6, 6.07) is 4.75. The second kappa shape index (κ2) is 5.77. The van der Waals surface area contributed by atoms with Crippen molar-refractivity contribution in [3.05, 3.63) is 35.7 Å². The quantitative estimate of drug-likeness (QED) is 0.836. The number of phenols is 1. The van der Waals surface area contributed by atoms with Crippen LogP contribution in [0.3, 0.4) is 0 Å². The number of hydrogen-bond donors (Lipinski definition) is 1. The van der Waals surface area contributed by atoms with Crippen LogP contribution in [-0.2, 0) is 10.8 Å². The fourth-order valence-electron chi connectivity index (χ4n) is 2.77. The summed E-state index contributed by atoms with van der Waals surface area (Å²) in [5, 5.41) is 10.9. The van der Waals surface area contributed by atoms with Gasteiger partial charge in [-0.1, -0.05) is 47.6 Å². The highest BCUT2D eigenvalue weighted by Crippen LogP contribution is 2.42. The molecule has 2 rings (SSSR count). The Balaban J connectivity index is 2.53. The average Bonchev–Trinajstić information content (AvgIpc) is 2.85. The van der Waals surface area contributed by atoms with E-state index in [0.717, 1.165) is 17.9 Å². The second-order valence-corrected chi connectivity index (χ2v) is 8.91. The van der Waals surface area contributed by atoms with E-state index in [1.54, 1.807) is 0 Å². The molecule has 0 spiro atoms. The van der Waals surface area contributed by atoms with Crippen molar-refractivity contribution >= 4 is 5.69 Å². The summed E-state index contributed by atoms with van der Waals surface area (Å²) in [6.07, 6.45) is 4.17. The zero-order valence-corrected chi connectivity index (χ0v) is 15.9. The highest BCUT2D eigenvalue weighted by Gasteiger charge is 2.28. The van der Waals surface area contributed by atoms with E-state index in [1.807, 2.05) is 0 Å². The van der Waals surface area contributed by atoms with Crippen LogP contribution in [0.15, 0.2) is 24.5 Å². The second-order valence-electron chi connectivity index (χ2n) is 8.91. The van der Waals surface area contributed by atoms with Crippen molar-refractivity contribution in [3.8, 4) is 5.75 Å². The van der Waals surface area contributed by atoms with E-state index in [-0.39, 0.29) is 10.8 Å². The van der Waals surface area contributed by atoms with E-state index >= 15 is 0 Å². The van der Waals surface area contributed by atoms with Crippen molar-refractivity contribution in [1.82, 2.24) is 4.90 Å². The number of aromatic hydroxyl groups is 1. The molecule has 0 bridgehead atoms. The van der Waals surface area contributed by atoms with Gasteiger partial charge >= 0.3 is 0 Å². The molecule has 0 aliphatic carbocycles. The van der Waals surface area contributed by atoms with Crippen molar-refractivity contribution in [1.29, 1.82) is 0 Å². The van der Waals surface area contributed by atoms with Crippen molar-refractivity contribution in [2.45, 2.75) is 72.3 Å². The van der Waals surface area contributed by atoms with E-state index in [0.29, 0.717) is 11.8 Å². The molecule has 0 aromatic heterocycles. The van der Waals surface area contributed by atoms with Gasteiger partial charge in [0.1, 0.15) is 5.75 Å². The van der Waals surface area contributed by atoms with E-state index in [2.05, 4.69) is 89.7 Å². The third kappa shape index (κ3) is 3.65.